The number of hydrogen-bond acceptors (Lipinski definition) is 9. The van der Waals surface area contributed by atoms with E-state index in [1.807, 2.05) is 35.9 Å². The van der Waals surface area contributed by atoms with Crippen molar-refractivity contribution in [1.29, 1.82) is 0 Å². The van der Waals surface area contributed by atoms with Crippen molar-refractivity contribution in [3.8, 4) is 11.6 Å². The third-order valence-corrected chi connectivity index (χ3v) is 6.79. The monoisotopic (exact) mass is 570 g/mol. The predicted molar refractivity (Wildman–Crippen MR) is 145 cm³/mol. The first-order valence-electron chi connectivity index (χ1n) is 12.3. The van der Waals surface area contributed by atoms with E-state index in [0.29, 0.717) is 26.2 Å². The van der Waals surface area contributed by atoms with Crippen LogP contribution in [0.1, 0.15) is 33.2 Å². The largest absolute Gasteiger partial charge is 0.496 e. The van der Waals surface area contributed by atoms with E-state index < -0.39 is 22.0 Å². The molecule has 0 atom stereocenters. The number of para-hydroxylation sites is 1. The Balaban J connectivity index is 1.52. The van der Waals surface area contributed by atoms with Gasteiger partial charge in [-0.1, -0.05) is 18.2 Å². The van der Waals surface area contributed by atoms with Crippen LogP contribution in [0.15, 0.2) is 71.8 Å². The zero-order valence-electron chi connectivity index (χ0n) is 22.0. The first-order valence-corrected chi connectivity index (χ1v) is 13.8. The van der Waals surface area contributed by atoms with Gasteiger partial charge in [-0.2, -0.15) is 0 Å². The van der Waals surface area contributed by atoms with Gasteiger partial charge in [-0.15, -0.1) is 0 Å². The van der Waals surface area contributed by atoms with Gasteiger partial charge in [-0.05, 0) is 55.3 Å². The molecule has 3 N–H and O–H groups in total. The fourth-order valence-electron chi connectivity index (χ4n) is 3.42. The fourth-order valence-corrected chi connectivity index (χ4v) is 4.40. The van der Waals surface area contributed by atoms with E-state index >= 15 is 0 Å². The first-order chi connectivity index (χ1) is 19.2. The zero-order chi connectivity index (χ0) is 29.0. The molecule has 13 heteroatoms. The van der Waals surface area contributed by atoms with Crippen molar-refractivity contribution >= 4 is 27.9 Å². The Kier molecular flexibility index (Phi) is 11.0. The van der Waals surface area contributed by atoms with E-state index in [0.717, 1.165) is 17.5 Å². The average Bonchev–Trinajstić information content (AvgIpc) is 2.95. The number of methoxy groups -OCH3 is 1. The van der Waals surface area contributed by atoms with Gasteiger partial charge in [-0.3, -0.25) is 9.59 Å². The highest BCUT2D eigenvalue weighted by molar-refractivity contribution is 7.90. The maximum Gasteiger partial charge on any atom is 0.414 e. The van der Waals surface area contributed by atoms with Crippen LogP contribution in [0.4, 0.5) is 4.79 Å². The number of amides is 3. The Morgan fingerprint density at radius 2 is 1.60 bits per heavy atom. The van der Waals surface area contributed by atoms with Crippen molar-refractivity contribution in [3.05, 3.63) is 83.6 Å². The third kappa shape index (κ3) is 8.78. The Morgan fingerprint density at radius 3 is 2.27 bits per heavy atom. The maximum absolute atomic E-state index is 12.7. The van der Waals surface area contributed by atoms with Crippen LogP contribution in [0, 0.1) is 0 Å². The Bertz CT molecular complexity index is 1410. The van der Waals surface area contributed by atoms with E-state index in [9.17, 15) is 22.8 Å². The summed E-state index contributed by atoms with van der Waals surface area (Å²) in [5.41, 5.74) is 1.13. The summed E-state index contributed by atoms with van der Waals surface area (Å²) in [6.07, 6.45) is 0.879. The Labute approximate surface area is 232 Å². The summed E-state index contributed by atoms with van der Waals surface area (Å²) in [5.74, 6) is -0.660. The number of rotatable bonds is 13. The highest BCUT2D eigenvalue weighted by Gasteiger charge is 2.20. The standard InChI is InChI=1S/C27H30N4O8S/c1-3-38-17-16-29-27(34)39-24-13-10-21(18-30-24)26(33)31-40(35,36)22-11-8-20(9-12-22)25(32)28-15-14-19-6-4-5-7-23(19)37-2/h4-13,18H,3,14-17H2,1-2H3,(H,28,32)(H,29,34)(H,31,33). The number of nitrogens with zero attached hydrogens (tertiary/aromatic N) is 1. The summed E-state index contributed by atoms with van der Waals surface area (Å²) in [5, 5.41) is 5.25. The smallest absolute Gasteiger partial charge is 0.414 e. The highest BCUT2D eigenvalue weighted by atomic mass is 32.2. The second-order valence-electron chi connectivity index (χ2n) is 8.18. The van der Waals surface area contributed by atoms with Crippen molar-refractivity contribution in [2.24, 2.45) is 0 Å². The summed E-state index contributed by atoms with van der Waals surface area (Å²) in [7, 11) is -2.66. The zero-order valence-corrected chi connectivity index (χ0v) is 22.8. The highest BCUT2D eigenvalue weighted by Crippen LogP contribution is 2.17. The topological polar surface area (TPSA) is 162 Å². The van der Waals surface area contributed by atoms with Crippen molar-refractivity contribution in [2.75, 3.05) is 33.4 Å². The normalized spacial score (nSPS) is 10.8. The number of hydrogen-bond donors (Lipinski definition) is 3. The molecule has 0 aliphatic carbocycles. The lowest BCUT2D eigenvalue weighted by Crippen LogP contribution is -2.31. The molecule has 12 nitrogen and oxygen atoms in total. The van der Waals surface area contributed by atoms with Crippen LogP contribution in [-0.2, 0) is 21.2 Å². The Morgan fingerprint density at radius 1 is 0.875 bits per heavy atom. The first kappa shape index (κ1) is 30.1. The van der Waals surface area contributed by atoms with Crippen LogP contribution in [0.25, 0.3) is 0 Å². The summed E-state index contributed by atoms with van der Waals surface area (Å²) >= 11 is 0. The fraction of sp³-hybridized carbons (Fsp3) is 0.259. The van der Waals surface area contributed by atoms with Crippen molar-refractivity contribution in [2.45, 2.75) is 18.2 Å². The second kappa shape index (κ2) is 14.6. The van der Waals surface area contributed by atoms with Gasteiger partial charge in [-0.25, -0.2) is 22.9 Å². The molecule has 212 valence electrons. The third-order valence-electron chi connectivity index (χ3n) is 5.44. The van der Waals surface area contributed by atoms with Crippen LogP contribution < -0.4 is 24.8 Å². The van der Waals surface area contributed by atoms with E-state index in [2.05, 4.69) is 15.6 Å². The Hall–Kier alpha value is -4.49. The molecule has 0 aliphatic rings. The molecular weight excluding hydrogens is 540 g/mol. The van der Waals surface area contributed by atoms with E-state index in [1.54, 1.807) is 7.11 Å². The van der Waals surface area contributed by atoms with Crippen molar-refractivity contribution < 1.29 is 37.0 Å². The molecule has 2 aromatic carbocycles. The summed E-state index contributed by atoms with van der Waals surface area (Å²) in [4.78, 5) is 40.3. The molecule has 0 bridgehead atoms. The van der Waals surface area contributed by atoms with Gasteiger partial charge in [0.25, 0.3) is 21.8 Å². The van der Waals surface area contributed by atoms with Crippen LogP contribution in [0.5, 0.6) is 11.6 Å². The summed E-state index contributed by atoms with van der Waals surface area (Å²) in [6.45, 7) is 3.28. The number of carbonyl (C=O) groups is 3. The molecule has 0 saturated heterocycles. The lowest BCUT2D eigenvalue weighted by molar-refractivity contribution is 0.0951. The molecular formula is C27H30N4O8S. The van der Waals surface area contributed by atoms with Gasteiger partial charge >= 0.3 is 6.09 Å². The van der Waals surface area contributed by atoms with Crippen LogP contribution in [0.3, 0.4) is 0 Å². The van der Waals surface area contributed by atoms with E-state index in [1.165, 1.54) is 36.4 Å². The van der Waals surface area contributed by atoms with Gasteiger partial charge in [0.05, 0.1) is 24.2 Å². The summed E-state index contributed by atoms with van der Waals surface area (Å²) in [6, 6.07) is 15.2. The number of carbonyl (C=O) groups excluding carboxylic acids is 3. The van der Waals surface area contributed by atoms with Gasteiger partial charge < -0.3 is 24.8 Å². The lowest BCUT2D eigenvalue weighted by atomic mass is 10.1. The number of nitrogens with one attached hydrogen (secondary N) is 3. The van der Waals surface area contributed by atoms with Gasteiger partial charge in [0.2, 0.25) is 5.88 Å². The quantitative estimate of drug-likeness (QED) is 0.262. The van der Waals surface area contributed by atoms with Gasteiger partial charge in [0.15, 0.2) is 0 Å². The number of aromatic nitrogens is 1. The summed E-state index contributed by atoms with van der Waals surface area (Å²) < 4.78 is 42.7. The molecule has 1 aromatic heterocycles. The maximum atomic E-state index is 12.7. The second-order valence-corrected chi connectivity index (χ2v) is 9.86. The molecule has 3 aromatic rings. The minimum Gasteiger partial charge on any atom is -0.496 e. The van der Waals surface area contributed by atoms with Gasteiger partial charge in [0, 0.05) is 37.5 Å². The molecule has 40 heavy (non-hydrogen) atoms. The number of ether oxygens (including phenoxy) is 3. The molecule has 3 rings (SSSR count). The van der Waals surface area contributed by atoms with Crippen LogP contribution in [-0.4, -0.2) is 64.7 Å². The van der Waals surface area contributed by atoms with Crippen LogP contribution >= 0.6 is 0 Å². The van der Waals surface area contributed by atoms with E-state index in [-0.39, 0.29) is 34.4 Å². The molecule has 0 spiro atoms. The predicted octanol–water partition coefficient (Wildman–Crippen LogP) is 2.31. The molecule has 0 unspecified atom stereocenters. The molecule has 0 radical (unpaired) electrons. The molecule has 1 heterocycles. The minimum atomic E-state index is -4.24. The average molecular weight is 571 g/mol. The van der Waals surface area contributed by atoms with Crippen LogP contribution in [0.2, 0.25) is 0 Å². The minimum absolute atomic E-state index is 0.0706. The molecule has 0 saturated carbocycles. The lowest BCUT2D eigenvalue weighted by Gasteiger charge is -2.10. The van der Waals surface area contributed by atoms with Gasteiger partial charge in [0.1, 0.15) is 5.75 Å². The SMILES string of the molecule is CCOCCNC(=O)Oc1ccc(C(=O)NS(=O)(=O)c2ccc(C(=O)NCCc3ccccc3OC)cc2)cn1. The molecule has 0 aliphatic heterocycles. The molecule has 0 fully saturated rings. The number of sulfonamides is 1. The van der Waals surface area contributed by atoms with E-state index in [4.69, 9.17) is 14.2 Å². The number of pyridine rings is 1. The van der Waals surface area contributed by atoms with Crippen molar-refractivity contribution in [3.63, 3.8) is 0 Å². The van der Waals surface area contributed by atoms with Crippen molar-refractivity contribution in [1.82, 2.24) is 20.3 Å². The number of benzene rings is 2. The molecule has 3 amide bonds.